The second-order valence-corrected chi connectivity index (χ2v) is 3.19. The number of aliphatic hydroxyl groups excluding tert-OH is 2. The van der Waals surface area contributed by atoms with Crippen molar-refractivity contribution in [3.63, 3.8) is 0 Å². The van der Waals surface area contributed by atoms with Crippen LogP contribution in [0.5, 0.6) is 0 Å². The Labute approximate surface area is 83.6 Å². The summed E-state index contributed by atoms with van der Waals surface area (Å²) >= 11 is 0. The Morgan fingerprint density at radius 3 is 2.57 bits per heavy atom. The van der Waals surface area contributed by atoms with Gasteiger partial charge in [-0.25, -0.2) is 0 Å². The van der Waals surface area contributed by atoms with Crippen LogP contribution in [-0.4, -0.2) is 22.9 Å². The largest absolute Gasteiger partial charge is 0.462 e. The second-order valence-electron chi connectivity index (χ2n) is 3.19. The van der Waals surface area contributed by atoms with E-state index in [4.69, 9.17) is 14.6 Å². The fourth-order valence-corrected chi connectivity index (χ4v) is 1.19. The fourth-order valence-electron chi connectivity index (χ4n) is 1.19. The molecule has 0 saturated heterocycles. The van der Waals surface area contributed by atoms with Crippen molar-refractivity contribution in [3.05, 3.63) is 23.7 Å². The van der Waals surface area contributed by atoms with Gasteiger partial charge in [0, 0.05) is 6.04 Å². The molecule has 1 atom stereocenters. The van der Waals surface area contributed by atoms with Crippen molar-refractivity contribution < 1.29 is 14.6 Å². The summed E-state index contributed by atoms with van der Waals surface area (Å²) in [6.07, 6.45) is 0.879. The van der Waals surface area contributed by atoms with Gasteiger partial charge < -0.3 is 19.9 Å². The molecule has 1 rings (SSSR count). The minimum absolute atomic E-state index is 0.0722. The minimum Gasteiger partial charge on any atom is -0.462 e. The number of rotatable bonds is 6. The quantitative estimate of drug-likeness (QED) is 0.628. The van der Waals surface area contributed by atoms with Gasteiger partial charge >= 0.3 is 0 Å². The van der Waals surface area contributed by atoms with Gasteiger partial charge in [-0.2, -0.15) is 0 Å². The predicted molar refractivity (Wildman–Crippen MR) is 52.6 cm³/mol. The van der Waals surface area contributed by atoms with Crippen LogP contribution in [0.3, 0.4) is 0 Å². The highest BCUT2D eigenvalue weighted by Crippen LogP contribution is 2.07. The number of furan rings is 1. The van der Waals surface area contributed by atoms with Gasteiger partial charge in [-0.15, -0.1) is 0 Å². The zero-order chi connectivity index (χ0) is 10.4. The molecule has 0 saturated carbocycles. The summed E-state index contributed by atoms with van der Waals surface area (Å²) in [4.78, 5) is 0. The molecule has 0 unspecified atom stereocenters. The molecule has 0 fully saturated rings. The van der Waals surface area contributed by atoms with Crippen LogP contribution in [0, 0.1) is 0 Å². The van der Waals surface area contributed by atoms with Crippen molar-refractivity contribution in [1.29, 1.82) is 0 Å². The number of nitrogens with one attached hydrogen (secondary N) is 1. The first-order valence-electron chi connectivity index (χ1n) is 4.82. The van der Waals surface area contributed by atoms with Gasteiger partial charge in [-0.05, 0) is 18.6 Å². The lowest BCUT2D eigenvalue weighted by Gasteiger charge is -2.12. The molecule has 0 radical (unpaired) electrons. The van der Waals surface area contributed by atoms with Crippen LogP contribution in [0.15, 0.2) is 16.5 Å². The van der Waals surface area contributed by atoms with Crippen LogP contribution in [-0.2, 0) is 13.2 Å². The van der Waals surface area contributed by atoms with Gasteiger partial charge in [0.25, 0.3) is 0 Å². The van der Waals surface area contributed by atoms with Crippen LogP contribution >= 0.6 is 0 Å². The monoisotopic (exact) mass is 199 g/mol. The molecule has 1 aromatic rings. The van der Waals surface area contributed by atoms with Crippen LogP contribution < -0.4 is 5.32 Å². The molecule has 0 bridgehead atoms. The van der Waals surface area contributed by atoms with Gasteiger partial charge in [-0.1, -0.05) is 6.92 Å². The van der Waals surface area contributed by atoms with Crippen molar-refractivity contribution >= 4 is 0 Å². The van der Waals surface area contributed by atoms with Crippen molar-refractivity contribution in [1.82, 2.24) is 5.32 Å². The molecule has 0 aliphatic heterocycles. The molecule has 4 nitrogen and oxygen atoms in total. The summed E-state index contributed by atoms with van der Waals surface area (Å²) < 4.78 is 5.28. The summed E-state index contributed by atoms with van der Waals surface area (Å²) in [5.41, 5.74) is 0. The van der Waals surface area contributed by atoms with Gasteiger partial charge in [0.1, 0.15) is 18.1 Å². The van der Waals surface area contributed by atoms with Gasteiger partial charge in [-0.3, -0.25) is 0 Å². The first kappa shape index (κ1) is 11.2. The van der Waals surface area contributed by atoms with E-state index in [-0.39, 0.29) is 19.3 Å². The molecule has 14 heavy (non-hydrogen) atoms. The molecule has 0 spiro atoms. The minimum atomic E-state index is -0.0722. The number of hydrogen-bond acceptors (Lipinski definition) is 4. The Morgan fingerprint density at radius 1 is 1.36 bits per heavy atom. The Hall–Kier alpha value is -0.840. The summed E-state index contributed by atoms with van der Waals surface area (Å²) in [7, 11) is 0. The van der Waals surface area contributed by atoms with E-state index in [9.17, 15) is 0 Å². The SMILES string of the molecule is CC[C@H](CO)NCc1ccc(CO)o1. The fraction of sp³-hybridized carbons (Fsp3) is 0.600. The molecule has 4 heteroatoms. The number of hydrogen-bond donors (Lipinski definition) is 3. The van der Waals surface area contributed by atoms with Crippen LogP contribution in [0.1, 0.15) is 24.9 Å². The van der Waals surface area contributed by atoms with Gasteiger partial charge in [0.2, 0.25) is 0 Å². The van der Waals surface area contributed by atoms with Crippen molar-refractivity contribution in [2.45, 2.75) is 32.5 Å². The van der Waals surface area contributed by atoms with Crippen LogP contribution in [0.4, 0.5) is 0 Å². The molecule has 0 aromatic carbocycles. The summed E-state index contributed by atoms with van der Waals surface area (Å²) in [5, 5.41) is 20.8. The average Bonchev–Trinajstić information content (AvgIpc) is 2.67. The average molecular weight is 199 g/mol. The van der Waals surface area contributed by atoms with Gasteiger partial charge in [0.05, 0.1) is 13.2 Å². The molecule has 1 heterocycles. The molecular formula is C10H17NO3. The van der Waals surface area contributed by atoms with Gasteiger partial charge in [0.15, 0.2) is 0 Å². The van der Waals surface area contributed by atoms with E-state index in [1.807, 2.05) is 13.0 Å². The third-order valence-corrected chi connectivity index (χ3v) is 2.15. The van der Waals surface area contributed by atoms with E-state index >= 15 is 0 Å². The third kappa shape index (κ3) is 3.14. The number of aliphatic hydroxyl groups is 2. The summed E-state index contributed by atoms with van der Waals surface area (Å²) in [5.74, 6) is 1.35. The Balaban J connectivity index is 2.37. The highest BCUT2D eigenvalue weighted by Gasteiger charge is 2.05. The highest BCUT2D eigenvalue weighted by atomic mass is 16.4. The Morgan fingerprint density at radius 2 is 2.07 bits per heavy atom. The maximum absolute atomic E-state index is 8.92. The standard InChI is InChI=1S/C10H17NO3/c1-2-8(6-12)11-5-9-3-4-10(7-13)14-9/h3-4,8,11-13H,2,5-7H2,1H3/t8-/m1/s1. The van der Waals surface area contributed by atoms with Crippen molar-refractivity contribution in [2.24, 2.45) is 0 Å². The summed E-state index contributed by atoms with van der Waals surface area (Å²) in [6, 6.07) is 3.68. The molecular weight excluding hydrogens is 182 g/mol. The van der Waals surface area contributed by atoms with Crippen LogP contribution in [0.2, 0.25) is 0 Å². The summed E-state index contributed by atoms with van der Waals surface area (Å²) in [6.45, 7) is 2.65. The first-order valence-corrected chi connectivity index (χ1v) is 4.82. The van der Waals surface area contributed by atoms with E-state index in [0.29, 0.717) is 12.3 Å². The van der Waals surface area contributed by atoms with E-state index in [1.165, 1.54) is 0 Å². The smallest absolute Gasteiger partial charge is 0.129 e. The maximum Gasteiger partial charge on any atom is 0.129 e. The zero-order valence-corrected chi connectivity index (χ0v) is 8.36. The van der Waals surface area contributed by atoms with Crippen molar-refractivity contribution in [3.8, 4) is 0 Å². The van der Waals surface area contributed by atoms with E-state index in [2.05, 4.69) is 5.32 Å². The molecule has 0 amide bonds. The lowest BCUT2D eigenvalue weighted by atomic mass is 10.2. The van der Waals surface area contributed by atoms with E-state index in [0.717, 1.165) is 12.2 Å². The highest BCUT2D eigenvalue weighted by molar-refractivity contribution is 5.06. The molecule has 80 valence electrons. The zero-order valence-electron chi connectivity index (χ0n) is 8.36. The van der Waals surface area contributed by atoms with Crippen LogP contribution in [0.25, 0.3) is 0 Å². The maximum atomic E-state index is 8.92. The van der Waals surface area contributed by atoms with Crippen molar-refractivity contribution in [2.75, 3.05) is 6.61 Å². The lowest BCUT2D eigenvalue weighted by Crippen LogP contribution is -2.30. The normalized spacial score (nSPS) is 13.1. The third-order valence-electron chi connectivity index (χ3n) is 2.15. The molecule has 1 aromatic heterocycles. The molecule has 3 N–H and O–H groups in total. The Kier molecular flexibility index (Phi) is 4.65. The Bertz CT molecular complexity index is 256. The molecule has 0 aliphatic rings. The lowest BCUT2D eigenvalue weighted by molar-refractivity contribution is 0.228. The topological polar surface area (TPSA) is 65.6 Å². The second kappa shape index (κ2) is 5.80. The first-order chi connectivity index (χ1) is 6.80. The van der Waals surface area contributed by atoms with E-state index in [1.54, 1.807) is 6.07 Å². The molecule has 0 aliphatic carbocycles. The van der Waals surface area contributed by atoms with E-state index < -0.39 is 0 Å². The predicted octanol–water partition coefficient (Wildman–Crippen LogP) is 0.632.